The summed E-state index contributed by atoms with van der Waals surface area (Å²) in [6, 6.07) is 23.3. The molecule has 1 N–H and O–H groups in total. The number of carboxylic acid groups (broad SMARTS) is 1. The fourth-order valence-corrected chi connectivity index (χ4v) is 4.79. The number of amides is 1. The van der Waals surface area contributed by atoms with E-state index < -0.39 is 30.2 Å². The number of aliphatic carboxylic acids is 1. The highest BCUT2D eigenvalue weighted by Gasteiger charge is 2.43. The Kier molecular flexibility index (Phi) is 5.76. The Bertz CT molecular complexity index is 1200. The maximum Gasteiger partial charge on any atom is 0.410 e. The quantitative estimate of drug-likeness (QED) is 0.574. The van der Waals surface area contributed by atoms with Gasteiger partial charge in [-0.2, -0.15) is 0 Å². The Balaban J connectivity index is 1.28. The Morgan fingerprint density at radius 2 is 1.44 bits per heavy atom. The van der Waals surface area contributed by atoms with Crippen LogP contribution in [0, 0.1) is 0 Å². The third kappa shape index (κ3) is 4.01. The molecule has 172 valence electrons. The number of rotatable bonds is 5. The summed E-state index contributed by atoms with van der Waals surface area (Å²) in [4.78, 5) is 38.3. The fourth-order valence-electron chi connectivity index (χ4n) is 4.79. The second-order valence-electron chi connectivity index (χ2n) is 8.44. The lowest BCUT2D eigenvalue weighted by Crippen LogP contribution is -2.41. The van der Waals surface area contributed by atoms with Crippen molar-refractivity contribution in [3.8, 4) is 11.1 Å². The van der Waals surface area contributed by atoms with E-state index in [1.165, 1.54) is 0 Å². The van der Waals surface area contributed by atoms with Crippen molar-refractivity contribution in [1.29, 1.82) is 0 Å². The number of carbonyl (C=O) groups excluding carboxylic acids is 2. The van der Waals surface area contributed by atoms with Crippen LogP contribution in [0.1, 0.15) is 33.8 Å². The molecule has 2 atom stereocenters. The summed E-state index contributed by atoms with van der Waals surface area (Å²) >= 11 is 0. The first-order chi connectivity index (χ1) is 16.5. The van der Waals surface area contributed by atoms with E-state index in [0.717, 1.165) is 27.2 Å². The SMILES string of the molecule is O=C(O[C@H]1C[C@@H](C(=O)O)N(C(=O)OCC2c3ccccc3-c3ccccc32)C1)c1ccccc1. The van der Waals surface area contributed by atoms with Gasteiger partial charge in [0.15, 0.2) is 0 Å². The van der Waals surface area contributed by atoms with E-state index in [9.17, 15) is 19.5 Å². The van der Waals surface area contributed by atoms with Crippen molar-refractivity contribution in [1.82, 2.24) is 4.90 Å². The number of ether oxygens (including phenoxy) is 2. The lowest BCUT2D eigenvalue weighted by atomic mass is 9.98. The average molecular weight is 457 g/mol. The number of nitrogens with zero attached hydrogens (tertiary/aromatic N) is 1. The van der Waals surface area contributed by atoms with Crippen LogP contribution in [-0.4, -0.2) is 53.3 Å². The number of carboxylic acids is 1. The number of hydrogen-bond acceptors (Lipinski definition) is 5. The molecule has 0 spiro atoms. The van der Waals surface area contributed by atoms with E-state index in [-0.39, 0.29) is 25.5 Å². The maximum absolute atomic E-state index is 12.9. The van der Waals surface area contributed by atoms with Gasteiger partial charge in [0.2, 0.25) is 0 Å². The standard InChI is InChI=1S/C27H23NO6/c29-25(30)24-14-18(34-26(31)17-8-2-1-3-9-17)15-28(24)27(32)33-16-23-21-12-6-4-10-19(21)20-11-5-7-13-22(20)23/h1-13,18,23-24H,14-16H2,(H,29,30)/t18-,24-/m0/s1. The lowest BCUT2D eigenvalue weighted by Gasteiger charge is -2.22. The van der Waals surface area contributed by atoms with Gasteiger partial charge >= 0.3 is 18.0 Å². The number of benzene rings is 3. The number of hydrogen-bond donors (Lipinski definition) is 1. The van der Waals surface area contributed by atoms with E-state index in [2.05, 4.69) is 0 Å². The van der Waals surface area contributed by atoms with Crippen LogP contribution in [0.4, 0.5) is 4.79 Å². The monoisotopic (exact) mass is 457 g/mol. The van der Waals surface area contributed by atoms with Crippen LogP contribution in [0.2, 0.25) is 0 Å². The molecule has 1 aliphatic heterocycles. The molecule has 0 bridgehead atoms. The minimum absolute atomic E-state index is 0.0120. The summed E-state index contributed by atoms with van der Waals surface area (Å²) in [7, 11) is 0. The predicted octanol–water partition coefficient (Wildman–Crippen LogP) is 4.32. The first kappa shape index (κ1) is 21.7. The van der Waals surface area contributed by atoms with E-state index in [4.69, 9.17) is 9.47 Å². The molecular weight excluding hydrogens is 434 g/mol. The predicted molar refractivity (Wildman–Crippen MR) is 123 cm³/mol. The Morgan fingerprint density at radius 1 is 0.853 bits per heavy atom. The van der Waals surface area contributed by atoms with Crippen molar-refractivity contribution in [2.75, 3.05) is 13.2 Å². The minimum Gasteiger partial charge on any atom is -0.480 e. The molecule has 2 aliphatic rings. The second kappa shape index (κ2) is 9.02. The highest BCUT2D eigenvalue weighted by molar-refractivity contribution is 5.89. The molecule has 1 amide bonds. The van der Waals surface area contributed by atoms with Crippen LogP contribution in [-0.2, 0) is 14.3 Å². The van der Waals surface area contributed by atoms with Gasteiger partial charge in [-0.1, -0.05) is 66.7 Å². The Labute approximate surface area is 196 Å². The Hall–Kier alpha value is -4.13. The lowest BCUT2D eigenvalue weighted by molar-refractivity contribution is -0.141. The van der Waals surface area contributed by atoms with Crippen LogP contribution in [0.25, 0.3) is 11.1 Å². The average Bonchev–Trinajstić information content (AvgIpc) is 3.43. The van der Waals surface area contributed by atoms with Gasteiger partial charge in [-0.15, -0.1) is 0 Å². The molecule has 34 heavy (non-hydrogen) atoms. The zero-order valence-electron chi connectivity index (χ0n) is 18.3. The molecule has 0 unspecified atom stereocenters. The maximum atomic E-state index is 12.9. The zero-order chi connectivity index (χ0) is 23.7. The van der Waals surface area contributed by atoms with Crippen LogP contribution in [0.15, 0.2) is 78.9 Å². The third-order valence-electron chi connectivity index (χ3n) is 6.40. The van der Waals surface area contributed by atoms with Crippen molar-refractivity contribution < 1.29 is 29.0 Å². The van der Waals surface area contributed by atoms with E-state index in [0.29, 0.717) is 5.56 Å². The summed E-state index contributed by atoms with van der Waals surface area (Å²) < 4.78 is 11.1. The molecule has 3 aromatic carbocycles. The van der Waals surface area contributed by atoms with Crippen LogP contribution in [0.5, 0.6) is 0 Å². The third-order valence-corrected chi connectivity index (χ3v) is 6.40. The van der Waals surface area contributed by atoms with E-state index >= 15 is 0 Å². The molecule has 1 aliphatic carbocycles. The molecular formula is C27H23NO6. The molecule has 0 aromatic heterocycles. The highest BCUT2D eigenvalue weighted by Crippen LogP contribution is 2.44. The summed E-state index contributed by atoms with van der Waals surface area (Å²) in [5.74, 6) is -1.84. The molecule has 0 radical (unpaired) electrons. The van der Waals surface area contributed by atoms with E-state index in [1.54, 1.807) is 30.3 Å². The molecule has 3 aromatic rings. The molecule has 1 saturated heterocycles. The molecule has 0 saturated carbocycles. The van der Waals surface area contributed by atoms with Gasteiger partial charge in [-0.25, -0.2) is 14.4 Å². The highest BCUT2D eigenvalue weighted by atomic mass is 16.6. The summed E-state index contributed by atoms with van der Waals surface area (Å²) in [6.45, 7) is 0.0520. The zero-order valence-corrected chi connectivity index (χ0v) is 18.3. The minimum atomic E-state index is -1.16. The molecule has 1 fully saturated rings. The topological polar surface area (TPSA) is 93.1 Å². The largest absolute Gasteiger partial charge is 0.480 e. The molecule has 1 heterocycles. The van der Waals surface area contributed by atoms with Crippen molar-refractivity contribution >= 4 is 18.0 Å². The van der Waals surface area contributed by atoms with Gasteiger partial charge in [-0.05, 0) is 34.4 Å². The van der Waals surface area contributed by atoms with Crippen LogP contribution in [0.3, 0.4) is 0 Å². The van der Waals surface area contributed by atoms with Gasteiger partial charge in [0, 0.05) is 12.3 Å². The van der Waals surface area contributed by atoms with Gasteiger partial charge in [-0.3, -0.25) is 4.90 Å². The van der Waals surface area contributed by atoms with Gasteiger partial charge in [0.05, 0.1) is 12.1 Å². The van der Waals surface area contributed by atoms with Crippen molar-refractivity contribution in [3.63, 3.8) is 0 Å². The fraction of sp³-hybridized carbons (Fsp3) is 0.222. The number of esters is 1. The normalized spacial score (nSPS) is 18.8. The van der Waals surface area contributed by atoms with Crippen molar-refractivity contribution in [2.24, 2.45) is 0 Å². The number of likely N-dealkylation sites (tertiary alicyclic amines) is 1. The van der Waals surface area contributed by atoms with E-state index in [1.807, 2.05) is 48.5 Å². The van der Waals surface area contributed by atoms with Gasteiger partial charge < -0.3 is 14.6 Å². The van der Waals surface area contributed by atoms with Gasteiger partial charge in [0.1, 0.15) is 18.8 Å². The molecule has 7 nitrogen and oxygen atoms in total. The molecule has 7 heteroatoms. The first-order valence-electron chi connectivity index (χ1n) is 11.1. The first-order valence-corrected chi connectivity index (χ1v) is 11.1. The summed E-state index contributed by atoms with van der Waals surface area (Å²) in [5.41, 5.74) is 4.73. The number of fused-ring (bicyclic) bond motifs is 3. The Morgan fingerprint density at radius 3 is 2.06 bits per heavy atom. The second-order valence-corrected chi connectivity index (χ2v) is 8.44. The molecule has 5 rings (SSSR count). The number of carbonyl (C=O) groups is 3. The summed E-state index contributed by atoms with van der Waals surface area (Å²) in [5, 5.41) is 9.65. The smallest absolute Gasteiger partial charge is 0.410 e. The van der Waals surface area contributed by atoms with Crippen LogP contribution < -0.4 is 0 Å². The van der Waals surface area contributed by atoms with Crippen LogP contribution >= 0.6 is 0 Å². The summed E-state index contributed by atoms with van der Waals surface area (Å²) in [6.07, 6.45) is -1.44. The van der Waals surface area contributed by atoms with Crippen molar-refractivity contribution in [2.45, 2.75) is 24.5 Å². The van der Waals surface area contributed by atoms with Crippen molar-refractivity contribution in [3.05, 3.63) is 95.6 Å². The van der Waals surface area contributed by atoms with Gasteiger partial charge in [0.25, 0.3) is 0 Å².